The van der Waals surface area contributed by atoms with Gasteiger partial charge in [-0.1, -0.05) is 63.2 Å². The summed E-state index contributed by atoms with van der Waals surface area (Å²) >= 11 is 1.68. The van der Waals surface area contributed by atoms with Crippen molar-refractivity contribution >= 4 is 57.0 Å². The van der Waals surface area contributed by atoms with Crippen LogP contribution in [-0.4, -0.2) is 123 Å². The molecule has 3 atom stereocenters. The molecule has 1 saturated carbocycles. The number of β-amino-alcohol motifs (C(OH)–C–C–N with tert-alkyl or cyclic N) is 1. The molecule has 17 nitrogen and oxygen atoms in total. The van der Waals surface area contributed by atoms with E-state index in [1.165, 1.54) is 30.5 Å². The van der Waals surface area contributed by atoms with E-state index in [0.29, 0.717) is 52.7 Å². The molecule has 5 N–H and O–H groups in total. The Morgan fingerprint density at radius 2 is 1.70 bits per heavy atom. The summed E-state index contributed by atoms with van der Waals surface area (Å²) in [6.07, 6.45) is 6.35. The zero-order chi connectivity index (χ0) is 57.1. The van der Waals surface area contributed by atoms with Gasteiger partial charge in [0.05, 0.1) is 48.9 Å². The minimum absolute atomic E-state index is 0.00650. The Morgan fingerprint density at radius 3 is 2.40 bits per heavy atom. The van der Waals surface area contributed by atoms with Crippen LogP contribution in [0.5, 0.6) is 0 Å². The van der Waals surface area contributed by atoms with E-state index >= 15 is 4.39 Å². The minimum Gasteiger partial charge on any atom is -0.392 e. The maximum atomic E-state index is 15.5. The van der Waals surface area contributed by atoms with Crippen LogP contribution in [0.3, 0.4) is 0 Å². The third kappa shape index (κ3) is 12.8. The average molecular weight is 1120 g/mol. The first-order valence-electron chi connectivity index (χ1n) is 27.7. The molecule has 6 heterocycles. The number of aliphatic hydroxyl groups is 2. The normalized spacial score (nSPS) is 17.1. The number of piperazine rings is 1. The van der Waals surface area contributed by atoms with Crippen LogP contribution in [0.1, 0.15) is 74.6 Å². The fraction of sp³-hybridized carbons (Fsp3) is 0.387. The van der Waals surface area contributed by atoms with Crippen LogP contribution in [0.15, 0.2) is 118 Å². The third-order valence-corrected chi connectivity index (χ3v) is 16.8. The number of carbonyl (C=O) groups is 3. The molecule has 81 heavy (non-hydrogen) atoms. The number of carbonyl (C=O) groups excluding carboxylic acids is 3. The Bertz CT molecular complexity index is 3570. The van der Waals surface area contributed by atoms with Crippen LogP contribution in [0.2, 0.25) is 0 Å². The number of halogens is 1. The zero-order valence-electron chi connectivity index (χ0n) is 46.4. The number of fused-ring (bicyclic) bond motifs is 1. The standard InChI is InChI=1S/C62H70FN9O8S/c1-38-19-28-81-56(38)41-11-9-39(10-12-41)33-65-58(76)52-32-46(74)36-72(52)61(79)57(62(2,3)4)67-54(75)18-26-80-27-25-69-21-23-70(24-22-69)45-15-16-53(64-34-45)66-50-31-44(35-68(5)59(50)77)47-7-6-8-51(48(47)37-73)71-20-17-42-29-43(40-13-14-40)30-49(63)55(42)60(71)78/h6-12,15-17,19-20,28-31,34-35,40,46,52,57,73-74H,13-14,18,21-27,32-33,36-37H2,1-5H3,(H,64,66)(H,65,76)(H,67,75)/t46-,52+,57-/m1/s1. The Kier molecular flexibility index (Phi) is 17.0. The van der Waals surface area contributed by atoms with Crippen LogP contribution in [0.25, 0.3) is 38.0 Å². The molecule has 4 aromatic heterocycles. The van der Waals surface area contributed by atoms with Gasteiger partial charge in [-0.15, -0.1) is 11.3 Å². The number of nitrogens with one attached hydrogen (secondary N) is 3. The van der Waals surface area contributed by atoms with E-state index in [9.17, 15) is 34.2 Å². The minimum atomic E-state index is -0.935. The second-order valence-electron chi connectivity index (χ2n) is 22.6. The summed E-state index contributed by atoms with van der Waals surface area (Å²) in [5, 5.41) is 33.0. The van der Waals surface area contributed by atoms with Crippen molar-refractivity contribution in [2.24, 2.45) is 12.5 Å². The smallest absolute Gasteiger partial charge is 0.274 e. The molecule has 10 rings (SSSR count). The van der Waals surface area contributed by atoms with Gasteiger partial charge in [0.15, 0.2) is 0 Å². The van der Waals surface area contributed by atoms with Crippen LogP contribution in [-0.2, 0) is 39.3 Å². The molecule has 1 aliphatic carbocycles. The first-order chi connectivity index (χ1) is 38.9. The van der Waals surface area contributed by atoms with Crippen molar-refractivity contribution < 1.29 is 33.7 Å². The molecule has 3 fully saturated rings. The number of nitrogens with zero attached hydrogens (tertiary/aromatic N) is 6. The van der Waals surface area contributed by atoms with Crippen molar-refractivity contribution in [3.63, 3.8) is 0 Å². The van der Waals surface area contributed by atoms with Crippen LogP contribution < -0.4 is 32.0 Å². The summed E-state index contributed by atoms with van der Waals surface area (Å²) in [7, 11) is 1.64. The van der Waals surface area contributed by atoms with Gasteiger partial charge in [-0.05, 0) is 112 Å². The quantitative estimate of drug-likeness (QED) is 0.0504. The van der Waals surface area contributed by atoms with Crippen LogP contribution in [0, 0.1) is 18.2 Å². The van der Waals surface area contributed by atoms with E-state index in [1.54, 1.807) is 61.2 Å². The number of aliphatic hydroxyl groups excluding tert-OH is 2. The second kappa shape index (κ2) is 24.3. The highest BCUT2D eigenvalue weighted by molar-refractivity contribution is 7.13. The second-order valence-corrected chi connectivity index (χ2v) is 23.5. The summed E-state index contributed by atoms with van der Waals surface area (Å²) in [5.41, 5.74) is 5.86. The number of hydrogen-bond acceptors (Lipinski definition) is 13. The summed E-state index contributed by atoms with van der Waals surface area (Å²) in [6, 6.07) is 24.1. The number of pyridine rings is 3. The molecule has 2 aliphatic heterocycles. The van der Waals surface area contributed by atoms with Gasteiger partial charge in [0, 0.05) is 94.1 Å². The SMILES string of the molecule is Cc1ccsc1-c1ccc(CNC(=O)[C@@H]2C[C@@H](O)CN2C(=O)[C@@H](NC(=O)CCOCCN2CCN(c3ccc(Nc4cc(-c5cccc(-n6ccc7cc(C8CC8)cc(F)c7c6=O)c5CO)cn(C)c4=O)nc3)CC2)C(C)(C)C)cc1. The maximum Gasteiger partial charge on any atom is 0.274 e. The lowest BCUT2D eigenvalue weighted by atomic mass is 9.85. The molecule has 0 radical (unpaired) electrons. The largest absolute Gasteiger partial charge is 0.392 e. The summed E-state index contributed by atoms with van der Waals surface area (Å²) < 4.78 is 24.2. The Morgan fingerprint density at radius 1 is 0.926 bits per heavy atom. The monoisotopic (exact) mass is 1120 g/mol. The molecule has 3 aromatic carbocycles. The Balaban J connectivity index is 0.679. The van der Waals surface area contributed by atoms with Crippen molar-refractivity contribution in [3.8, 4) is 27.3 Å². The molecule has 0 spiro atoms. The molecule has 424 valence electrons. The summed E-state index contributed by atoms with van der Waals surface area (Å²) in [6.45, 7) is 11.8. The van der Waals surface area contributed by atoms with E-state index in [1.807, 2.05) is 69.3 Å². The number of aryl methyl sites for hydroxylation is 2. The zero-order valence-corrected chi connectivity index (χ0v) is 47.2. The van der Waals surface area contributed by atoms with Gasteiger partial charge >= 0.3 is 0 Å². The van der Waals surface area contributed by atoms with Gasteiger partial charge < -0.3 is 45.3 Å². The number of ether oxygens (including phenoxy) is 1. The highest BCUT2D eigenvalue weighted by atomic mass is 32.1. The van der Waals surface area contributed by atoms with E-state index in [0.717, 1.165) is 61.4 Å². The molecule has 0 bridgehead atoms. The predicted molar refractivity (Wildman–Crippen MR) is 314 cm³/mol. The van der Waals surface area contributed by atoms with Crippen LogP contribution >= 0.6 is 11.3 Å². The van der Waals surface area contributed by atoms with E-state index < -0.39 is 47.5 Å². The number of anilines is 3. The molecule has 3 aliphatic rings. The lowest BCUT2D eigenvalue weighted by Gasteiger charge is -2.36. The summed E-state index contributed by atoms with van der Waals surface area (Å²) in [5.74, 6) is -0.892. The highest BCUT2D eigenvalue weighted by Gasteiger charge is 2.44. The lowest BCUT2D eigenvalue weighted by molar-refractivity contribution is -0.144. The van der Waals surface area contributed by atoms with Crippen molar-refractivity contribution in [3.05, 3.63) is 158 Å². The first kappa shape index (κ1) is 56.7. The highest BCUT2D eigenvalue weighted by Crippen LogP contribution is 2.41. The van der Waals surface area contributed by atoms with Crippen molar-refractivity contribution in [1.82, 2.24) is 34.6 Å². The van der Waals surface area contributed by atoms with E-state index in [4.69, 9.17) is 4.74 Å². The van der Waals surface area contributed by atoms with E-state index in [-0.39, 0.29) is 61.0 Å². The number of rotatable bonds is 19. The Hall–Kier alpha value is -7.55. The van der Waals surface area contributed by atoms with E-state index in [2.05, 4.69) is 49.1 Å². The molecule has 2 saturated heterocycles. The van der Waals surface area contributed by atoms with Crippen molar-refractivity contribution in [2.75, 3.05) is 62.7 Å². The number of aromatic nitrogens is 3. The molecule has 0 unspecified atom stereocenters. The number of hydrogen-bond donors (Lipinski definition) is 5. The van der Waals surface area contributed by atoms with Crippen LogP contribution in [0.4, 0.5) is 21.6 Å². The summed E-state index contributed by atoms with van der Waals surface area (Å²) in [4.78, 5) is 80.0. The molecule has 19 heteroatoms. The lowest BCUT2D eigenvalue weighted by Crippen LogP contribution is -2.57. The topological polar surface area (TPSA) is 204 Å². The van der Waals surface area contributed by atoms with Gasteiger partial charge in [-0.3, -0.25) is 33.4 Å². The van der Waals surface area contributed by atoms with Gasteiger partial charge in [0.2, 0.25) is 17.7 Å². The first-order valence-corrected chi connectivity index (χ1v) is 28.6. The van der Waals surface area contributed by atoms with Gasteiger partial charge in [0.1, 0.15) is 29.4 Å². The van der Waals surface area contributed by atoms with Gasteiger partial charge in [-0.2, -0.15) is 0 Å². The fourth-order valence-electron chi connectivity index (χ4n) is 11.0. The number of likely N-dealkylation sites (tertiary alicyclic amines) is 1. The van der Waals surface area contributed by atoms with Gasteiger partial charge in [-0.25, -0.2) is 9.37 Å². The molecule has 3 amide bonds. The number of amides is 3. The average Bonchev–Trinajstić information content (AvgIpc) is 4.13. The maximum absolute atomic E-state index is 15.5. The van der Waals surface area contributed by atoms with Crippen molar-refractivity contribution in [2.45, 2.75) is 90.6 Å². The molecular formula is C62H70FN9O8S. The molecular weight excluding hydrogens is 1050 g/mol. The molecule has 7 aromatic rings. The Labute approximate surface area is 474 Å². The van der Waals surface area contributed by atoms with Gasteiger partial charge in [0.25, 0.3) is 11.1 Å². The third-order valence-electron chi connectivity index (χ3n) is 15.7. The number of thiophene rings is 1. The fourth-order valence-corrected chi connectivity index (χ4v) is 11.9. The van der Waals surface area contributed by atoms with Crippen molar-refractivity contribution in [1.29, 1.82) is 0 Å². The number of benzene rings is 3. The predicted octanol–water partition coefficient (Wildman–Crippen LogP) is 7.38.